The van der Waals surface area contributed by atoms with Gasteiger partial charge in [-0.25, -0.2) is 13.1 Å². The van der Waals surface area contributed by atoms with E-state index in [1.807, 2.05) is 0 Å². The summed E-state index contributed by atoms with van der Waals surface area (Å²) in [6, 6.07) is 10.1. The van der Waals surface area contributed by atoms with Crippen LogP contribution < -0.4 is 13.9 Å². The zero-order valence-corrected chi connectivity index (χ0v) is 13.9. The van der Waals surface area contributed by atoms with E-state index in [1.54, 1.807) is 31.3 Å². The second-order valence-corrected chi connectivity index (χ2v) is 7.06. The third-order valence-electron chi connectivity index (χ3n) is 3.82. The SMILES string of the molecule is CNCCCN1c2ccccc2N(c2cccc(F)c2F)S1(=O)=O. The van der Waals surface area contributed by atoms with Crippen LogP contribution in [-0.4, -0.2) is 28.6 Å². The molecule has 0 amide bonds. The summed E-state index contributed by atoms with van der Waals surface area (Å²) >= 11 is 0. The number of fused-ring (bicyclic) bond motifs is 1. The maximum absolute atomic E-state index is 14.2. The molecule has 5 nitrogen and oxygen atoms in total. The van der Waals surface area contributed by atoms with Crippen molar-refractivity contribution in [2.45, 2.75) is 6.42 Å². The fourth-order valence-corrected chi connectivity index (χ4v) is 4.48. The second-order valence-electron chi connectivity index (χ2n) is 5.36. The Balaban J connectivity index is 2.12. The topological polar surface area (TPSA) is 52.6 Å². The predicted molar refractivity (Wildman–Crippen MR) is 89.7 cm³/mol. The number of halogens is 2. The van der Waals surface area contributed by atoms with Gasteiger partial charge in [0.1, 0.15) is 0 Å². The smallest absolute Gasteiger partial charge is 0.320 e. The number of hydrogen-bond donors (Lipinski definition) is 1. The molecule has 1 aliphatic rings. The number of rotatable bonds is 5. The highest BCUT2D eigenvalue weighted by molar-refractivity contribution is 7.95. The summed E-state index contributed by atoms with van der Waals surface area (Å²) in [5.41, 5.74) is 0.447. The molecule has 0 spiro atoms. The molecule has 8 heteroatoms. The molecule has 0 saturated heterocycles. The number of para-hydroxylation sites is 2. The lowest BCUT2D eigenvalue weighted by molar-refractivity contribution is 0.510. The van der Waals surface area contributed by atoms with Crippen molar-refractivity contribution in [1.82, 2.24) is 5.32 Å². The van der Waals surface area contributed by atoms with Gasteiger partial charge in [-0.3, -0.25) is 4.31 Å². The van der Waals surface area contributed by atoms with Gasteiger partial charge in [0.05, 0.1) is 17.1 Å². The van der Waals surface area contributed by atoms with E-state index >= 15 is 0 Å². The number of hydrogen-bond acceptors (Lipinski definition) is 3. The van der Waals surface area contributed by atoms with Gasteiger partial charge < -0.3 is 5.32 Å². The van der Waals surface area contributed by atoms with Crippen molar-refractivity contribution in [3.63, 3.8) is 0 Å². The largest absolute Gasteiger partial charge is 0.331 e. The van der Waals surface area contributed by atoms with Crippen LogP contribution in [0.4, 0.5) is 25.8 Å². The van der Waals surface area contributed by atoms with Crippen LogP contribution in [0.1, 0.15) is 6.42 Å². The van der Waals surface area contributed by atoms with Gasteiger partial charge in [0.25, 0.3) is 0 Å². The van der Waals surface area contributed by atoms with Gasteiger partial charge in [0, 0.05) is 6.54 Å². The molecule has 1 N–H and O–H groups in total. The van der Waals surface area contributed by atoms with E-state index in [1.165, 1.54) is 16.4 Å². The van der Waals surface area contributed by atoms with Gasteiger partial charge in [-0.05, 0) is 44.3 Å². The Labute approximate surface area is 139 Å². The van der Waals surface area contributed by atoms with E-state index in [0.29, 0.717) is 24.3 Å². The van der Waals surface area contributed by atoms with Gasteiger partial charge in [-0.1, -0.05) is 18.2 Å². The van der Waals surface area contributed by atoms with E-state index in [-0.39, 0.29) is 12.2 Å². The van der Waals surface area contributed by atoms with Crippen molar-refractivity contribution >= 4 is 27.3 Å². The minimum Gasteiger partial charge on any atom is -0.320 e. The summed E-state index contributed by atoms with van der Waals surface area (Å²) < 4.78 is 55.8. The molecule has 0 unspecified atom stereocenters. The maximum atomic E-state index is 14.2. The molecule has 1 aliphatic heterocycles. The quantitative estimate of drug-likeness (QED) is 0.841. The molecule has 128 valence electrons. The van der Waals surface area contributed by atoms with E-state index in [4.69, 9.17) is 0 Å². The Morgan fingerprint density at radius 3 is 2.38 bits per heavy atom. The van der Waals surface area contributed by atoms with E-state index in [2.05, 4.69) is 5.32 Å². The fourth-order valence-electron chi connectivity index (χ4n) is 2.73. The average molecular weight is 353 g/mol. The first-order chi connectivity index (χ1) is 11.5. The molecule has 0 atom stereocenters. The van der Waals surface area contributed by atoms with Crippen molar-refractivity contribution < 1.29 is 17.2 Å². The third kappa shape index (κ3) is 2.61. The number of anilines is 3. The highest BCUT2D eigenvalue weighted by atomic mass is 32.2. The highest BCUT2D eigenvalue weighted by Crippen LogP contribution is 2.45. The summed E-state index contributed by atoms with van der Waals surface area (Å²) in [5, 5.41) is 2.96. The number of nitrogens with one attached hydrogen (secondary N) is 1. The molecule has 0 radical (unpaired) electrons. The Morgan fingerprint density at radius 2 is 1.67 bits per heavy atom. The number of nitrogens with zero attached hydrogens (tertiary/aromatic N) is 2. The van der Waals surface area contributed by atoms with Crippen molar-refractivity contribution in [1.29, 1.82) is 0 Å². The van der Waals surface area contributed by atoms with Crippen LogP contribution in [-0.2, 0) is 10.2 Å². The van der Waals surface area contributed by atoms with Crippen LogP contribution in [0.5, 0.6) is 0 Å². The normalized spacial score (nSPS) is 15.6. The Morgan fingerprint density at radius 1 is 1.00 bits per heavy atom. The lowest BCUT2D eigenvalue weighted by Crippen LogP contribution is -2.37. The molecule has 0 aliphatic carbocycles. The Kier molecular flexibility index (Phi) is 4.42. The van der Waals surface area contributed by atoms with Crippen molar-refractivity contribution in [3.05, 3.63) is 54.1 Å². The van der Waals surface area contributed by atoms with Crippen LogP contribution in [0.15, 0.2) is 42.5 Å². The fraction of sp³-hybridized carbons (Fsp3) is 0.250. The summed E-state index contributed by atoms with van der Waals surface area (Å²) in [6.45, 7) is 0.885. The summed E-state index contributed by atoms with van der Waals surface area (Å²) in [6.07, 6.45) is 0.587. The van der Waals surface area contributed by atoms with Crippen molar-refractivity contribution in [2.24, 2.45) is 0 Å². The third-order valence-corrected chi connectivity index (χ3v) is 5.61. The zero-order chi connectivity index (χ0) is 17.3. The molecule has 0 saturated carbocycles. The van der Waals surface area contributed by atoms with Gasteiger partial charge in [-0.2, -0.15) is 8.42 Å². The molecular weight excluding hydrogens is 336 g/mol. The molecule has 0 bridgehead atoms. The van der Waals surface area contributed by atoms with E-state index in [0.717, 1.165) is 10.4 Å². The van der Waals surface area contributed by atoms with Crippen LogP contribution in [0.25, 0.3) is 0 Å². The molecule has 0 fully saturated rings. The highest BCUT2D eigenvalue weighted by Gasteiger charge is 2.42. The van der Waals surface area contributed by atoms with Gasteiger partial charge in [0.2, 0.25) is 0 Å². The first kappa shape index (κ1) is 16.7. The minimum absolute atomic E-state index is 0.244. The van der Waals surface area contributed by atoms with E-state index in [9.17, 15) is 17.2 Å². The zero-order valence-electron chi connectivity index (χ0n) is 13.0. The standard InChI is InChI=1S/C16H17F2N3O2S/c1-19-10-5-11-20-13-7-2-3-8-14(13)21(24(20,22)23)15-9-4-6-12(17)16(15)18/h2-4,6-9,19H,5,10-11H2,1H3. The van der Waals surface area contributed by atoms with Crippen LogP contribution >= 0.6 is 0 Å². The molecule has 3 rings (SSSR count). The maximum Gasteiger partial charge on any atom is 0.331 e. The molecule has 2 aromatic carbocycles. The molecule has 0 aromatic heterocycles. The molecular formula is C16H17F2N3O2S. The van der Waals surface area contributed by atoms with E-state index < -0.39 is 21.8 Å². The van der Waals surface area contributed by atoms with Crippen LogP contribution in [0, 0.1) is 11.6 Å². The van der Waals surface area contributed by atoms with Crippen LogP contribution in [0.3, 0.4) is 0 Å². The van der Waals surface area contributed by atoms with Gasteiger partial charge in [0.15, 0.2) is 11.6 Å². The minimum atomic E-state index is -4.03. The average Bonchev–Trinajstić information content (AvgIpc) is 2.78. The van der Waals surface area contributed by atoms with Gasteiger partial charge in [-0.15, -0.1) is 0 Å². The Bertz CT molecular complexity index is 858. The van der Waals surface area contributed by atoms with Crippen LogP contribution in [0.2, 0.25) is 0 Å². The summed E-state index contributed by atoms with van der Waals surface area (Å²) in [7, 11) is -2.25. The second kappa shape index (κ2) is 6.37. The van der Waals surface area contributed by atoms with Crippen molar-refractivity contribution in [2.75, 3.05) is 28.7 Å². The predicted octanol–water partition coefficient (Wildman–Crippen LogP) is 2.78. The first-order valence-electron chi connectivity index (χ1n) is 7.49. The summed E-state index contributed by atoms with van der Waals surface area (Å²) in [4.78, 5) is 0. The molecule has 2 aromatic rings. The summed E-state index contributed by atoms with van der Waals surface area (Å²) in [5.74, 6) is -2.28. The lowest BCUT2D eigenvalue weighted by Gasteiger charge is -2.22. The monoisotopic (exact) mass is 353 g/mol. The lowest BCUT2D eigenvalue weighted by atomic mass is 10.2. The number of benzene rings is 2. The molecule has 24 heavy (non-hydrogen) atoms. The van der Waals surface area contributed by atoms with Crippen molar-refractivity contribution in [3.8, 4) is 0 Å². The Hall–Kier alpha value is -2.19. The first-order valence-corrected chi connectivity index (χ1v) is 8.89. The molecule has 1 heterocycles. The van der Waals surface area contributed by atoms with Gasteiger partial charge >= 0.3 is 10.2 Å².